The number of nitrogens with zero attached hydrogens (tertiary/aromatic N) is 6. The van der Waals surface area contributed by atoms with Gasteiger partial charge in [0.2, 0.25) is 5.82 Å². The van der Waals surface area contributed by atoms with Crippen molar-refractivity contribution >= 4 is 16.6 Å². The van der Waals surface area contributed by atoms with Crippen LogP contribution in [0.5, 0.6) is 0 Å². The monoisotopic (exact) mass is 422 g/mol. The van der Waals surface area contributed by atoms with Crippen LogP contribution in [0.4, 0.5) is 4.39 Å². The van der Waals surface area contributed by atoms with E-state index >= 15 is 0 Å². The summed E-state index contributed by atoms with van der Waals surface area (Å²) in [5, 5.41) is 24.2. The predicted octanol–water partition coefficient (Wildman–Crippen LogP) is 3.05. The Labute approximate surface area is 175 Å². The molecular weight excluding hydrogens is 403 g/mol. The molecule has 10 heteroatoms. The highest BCUT2D eigenvalue weighted by atomic mass is 19.1. The second kappa shape index (κ2) is 6.72. The van der Waals surface area contributed by atoms with E-state index in [0.717, 1.165) is 12.8 Å². The van der Waals surface area contributed by atoms with Crippen LogP contribution in [0.25, 0.3) is 28.1 Å². The fraction of sp³-hybridized carbons (Fsp3) is 0.381. The van der Waals surface area contributed by atoms with Gasteiger partial charge in [-0.05, 0) is 51.7 Å². The number of benzene rings is 1. The molecule has 0 amide bonds. The van der Waals surface area contributed by atoms with Gasteiger partial charge in [-0.25, -0.2) is 9.37 Å². The lowest BCUT2D eigenvalue weighted by Crippen LogP contribution is -2.25. The minimum Gasteiger partial charge on any atom is -0.380 e. The molecule has 1 aliphatic carbocycles. The maximum Gasteiger partial charge on any atom is 0.278 e. The maximum atomic E-state index is 14.3. The first kappa shape index (κ1) is 19.4. The Hall–Kier alpha value is -3.58. The Morgan fingerprint density at radius 1 is 1.29 bits per heavy atom. The molecule has 0 aliphatic heterocycles. The fourth-order valence-corrected chi connectivity index (χ4v) is 4.39. The second-order valence-corrected chi connectivity index (χ2v) is 8.14. The first-order valence-corrected chi connectivity index (χ1v) is 10.1. The summed E-state index contributed by atoms with van der Waals surface area (Å²) in [5.41, 5.74) is -0.784. The van der Waals surface area contributed by atoms with Gasteiger partial charge >= 0.3 is 0 Å². The summed E-state index contributed by atoms with van der Waals surface area (Å²) in [4.78, 5) is 22.1. The van der Waals surface area contributed by atoms with Crippen LogP contribution in [0.3, 0.4) is 0 Å². The minimum absolute atomic E-state index is 0.0900. The lowest BCUT2D eigenvalue weighted by atomic mass is 10.0. The van der Waals surface area contributed by atoms with Crippen LogP contribution in [0.15, 0.2) is 27.8 Å². The van der Waals surface area contributed by atoms with Gasteiger partial charge in [0.15, 0.2) is 0 Å². The fourth-order valence-electron chi connectivity index (χ4n) is 4.39. The summed E-state index contributed by atoms with van der Waals surface area (Å²) in [6, 6.07) is 4.21. The van der Waals surface area contributed by atoms with Gasteiger partial charge in [-0.15, -0.1) is 0 Å². The van der Waals surface area contributed by atoms with E-state index in [1.807, 2.05) is 6.07 Å². The van der Waals surface area contributed by atoms with E-state index in [1.54, 1.807) is 13.8 Å². The number of hydrogen-bond acceptors (Lipinski definition) is 7. The Morgan fingerprint density at radius 3 is 2.71 bits per heavy atom. The maximum absolute atomic E-state index is 14.3. The first-order valence-electron chi connectivity index (χ1n) is 10.1. The molecule has 1 fully saturated rings. The molecule has 3 aromatic heterocycles. The average molecular weight is 422 g/mol. The zero-order valence-electron chi connectivity index (χ0n) is 17.0. The van der Waals surface area contributed by atoms with E-state index < -0.39 is 17.0 Å². The lowest BCUT2D eigenvalue weighted by Gasteiger charge is -2.17. The molecular formula is C21H19FN6O3. The number of imidazole rings is 1. The Kier molecular flexibility index (Phi) is 4.20. The lowest BCUT2D eigenvalue weighted by molar-refractivity contribution is 0.0112. The average Bonchev–Trinajstić information content (AvgIpc) is 3.47. The van der Waals surface area contributed by atoms with E-state index in [0.29, 0.717) is 18.4 Å². The molecule has 1 N–H and O–H groups in total. The van der Waals surface area contributed by atoms with Crippen LogP contribution in [-0.4, -0.2) is 29.2 Å². The van der Waals surface area contributed by atoms with Gasteiger partial charge in [-0.3, -0.25) is 9.20 Å². The number of fused-ring (bicyclic) bond motifs is 3. The molecule has 31 heavy (non-hydrogen) atoms. The summed E-state index contributed by atoms with van der Waals surface area (Å²) >= 11 is 0. The third-order valence-electron chi connectivity index (χ3n) is 5.89. The molecule has 0 unspecified atom stereocenters. The van der Waals surface area contributed by atoms with E-state index in [-0.39, 0.29) is 40.0 Å². The zero-order chi connectivity index (χ0) is 21.9. The van der Waals surface area contributed by atoms with Crippen molar-refractivity contribution in [3.63, 3.8) is 0 Å². The molecule has 158 valence electrons. The van der Waals surface area contributed by atoms with Crippen LogP contribution in [0.1, 0.15) is 57.0 Å². The number of rotatable bonds is 3. The number of hydrogen-bond donors (Lipinski definition) is 1. The van der Waals surface area contributed by atoms with Crippen molar-refractivity contribution < 1.29 is 14.0 Å². The third-order valence-corrected chi connectivity index (χ3v) is 5.89. The zero-order valence-corrected chi connectivity index (χ0v) is 17.0. The normalized spacial score (nSPS) is 15.9. The molecule has 3 heterocycles. The third kappa shape index (κ3) is 2.70. The van der Waals surface area contributed by atoms with E-state index in [1.165, 1.54) is 27.4 Å². The highest BCUT2D eigenvalue weighted by Crippen LogP contribution is 2.38. The minimum atomic E-state index is -1.16. The van der Waals surface area contributed by atoms with Crippen LogP contribution in [0, 0.1) is 17.1 Å². The molecule has 1 aliphatic rings. The number of aromatic nitrogens is 5. The van der Waals surface area contributed by atoms with Crippen LogP contribution in [0.2, 0.25) is 0 Å². The van der Waals surface area contributed by atoms with Crippen molar-refractivity contribution in [3.05, 3.63) is 46.1 Å². The molecule has 9 nitrogen and oxygen atoms in total. The number of halogens is 1. The van der Waals surface area contributed by atoms with Crippen LogP contribution < -0.4 is 5.56 Å². The smallest absolute Gasteiger partial charge is 0.278 e. The first-order chi connectivity index (χ1) is 14.9. The highest BCUT2D eigenvalue weighted by molar-refractivity contribution is 5.87. The number of aliphatic hydroxyl groups is 1. The molecule has 4 aromatic rings. The van der Waals surface area contributed by atoms with Crippen LogP contribution in [-0.2, 0) is 5.60 Å². The molecule has 0 atom stereocenters. The van der Waals surface area contributed by atoms with Gasteiger partial charge in [0.05, 0.1) is 11.0 Å². The van der Waals surface area contributed by atoms with Gasteiger partial charge < -0.3 is 14.2 Å². The highest BCUT2D eigenvalue weighted by Gasteiger charge is 2.39. The second-order valence-electron chi connectivity index (χ2n) is 8.14. The Bertz CT molecular complexity index is 1440. The molecule has 0 bridgehead atoms. The summed E-state index contributed by atoms with van der Waals surface area (Å²) in [7, 11) is 0. The van der Waals surface area contributed by atoms with Crippen molar-refractivity contribution in [2.24, 2.45) is 0 Å². The van der Waals surface area contributed by atoms with Crippen molar-refractivity contribution in [1.29, 1.82) is 5.26 Å². The van der Waals surface area contributed by atoms with Gasteiger partial charge in [0, 0.05) is 6.04 Å². The SMILES string of the molecule is CC(C)n1c(=O)c2c(-c3noc(C4(O)CCCC4)n3)ncn2c2ccc(F)c(C#N)c21. The molecule has 0 radical (unpaired) electrons. The topological polar surface area (TPSA) is 122 Å². The van der Waals surface area contributed by atoms with E-state index in [4.69, 9.17) is 4.52 Å². The molecule has 1 aromatic carbocycles. The Balaban J connectivity index is 1.81. The van der Waals surface area contributed by atoms with Crippen molar-refractivity contribution in [2.75, 3.05) is 0 Å². The quantitative estimate of drug-likeness (QED) is 0.538. The summed E-state index contributed by atoms with van der Waals surface area (Å²) < 4.78 is 22.5. The standard InChI is InChI=1S/C21H19FN6O3/c1-11(2)28-16-12(9-23)13(22)5-6-14(16)27-10-24-15(17(27)19(28)29)18-25-20(31-26-18)21(30)7-3-4-8-21/h5-6,10-11,30H,3-4,7-8H2,1-2H3. The molecule has 0 spiro atoms. The number of nitriles is 1. The van der Waals surface area contributed by atoms with Gasteiger partial charge in [0.1, 0.15) is 40.6 Å². The summed E-state index contributed by atoms with van der Waals surface area (Å²) in [6.07, 6.45) is 4.21. The van der Waals surface area contributed by atoms with Crippen molar-refractivity contribution in [1.82, 2.24) is 24.1 Å². The van der Waals surface area contributed by atoms with E-state index in [2.05, 4.69) is 15.1 Å². The summed E-state index contributed by atoms with van der Waals surface area (Å²) in [6.45, 7) is 3.56. The van der Waals surface area contributed by atoms with Crippen LogP contribution >= 0.6 is 0 Å². The van der Waals surface area contributed by atoms with E-state index in [9.17, 15) is 19.6 Å². The molecule has 0 saturated heterocycles. The largest absolute Gasteiger partial charge is 0.380 e. The predicted molar refractivity (Wildman–Crippen MR) is 108 cm³/mol. The summed E-state index contributed by atoms with van der Waals surface area (Å²) in [5.74, 6) is -0.497. The van der Waals surface area contributed by atoms with Crippen molar-refractivity contribution in [2.45, 2.75) is 51.2 Å². The van der Waals surface area contributed by atoms with Gasteiger partial charge in [-0.2, -0.15) is 10.2 Å². The van der Waals surface area contributed by atoms with Gasteiger partial charge in [0.25, 0.3) is 11.4 Å². The van der Waals surface area contributed by atoms with Gasteiger partial charge in [-0.1, -0.05) is 5.16 Å². The molecule has 1 saturated carbocycles. The molecule has 5 rings (SSSR count). The Morgan fingerprint density at radius 2 is 2.03 bits per heavy atom. The van der Waals surface area contributed by atoms with Crippen molar-refractivity contribution in [3.8, 4) is 17.6 Å².